The number of nitrogens with zero attached hydrogens (tertiary/aromatic N) is 1. The van der Waals surface area contributed by atoms with Gasteiger partial charge >= 0.3 is 6.03 Å². The molecular formula is C12H14BrN3O. The highest BCUT2D eigenvalue weighted by atomic mass is 79.9. The Kier molecular flexibility index (Phi) is 2.80. The minimum Gasteiger partial charge on any atom is -0.329 e. The third-order valence-corrected chi connectivity index (χ3v) is 4.14. The smallest absolute Gasteiger partial charge is 0.318 e. The number of carbonyl (C=O) groups excluding carboxylic acids is 1. The third-order valence-electron chi connectivity index (χ3n) is 3.42. The first-order chi connectivity index (χ1) is 8.25. The second-order valence-electron chi connectivity index (χ2n) is 4.49. The van der Waals surface area contributed by atoms with E-state index in [-0.39, 0.29) is 12.1 Å². The highest BCUT2D eigenvalue weighted by Gasteiger charge is 2.37. The van der Waals surface area contributed by atoms with Gasteiger partial charge in [-0.05, 0) is 11.6 Å². The Morgan fingerprint density at radius 3 is 2.71 bits per heavy atom. The van der Waals surface area contributed by atoms with E-state index in [0.717, 1.165) is 29.7 Å². The molecule has 2 amide bonds. The zero-order valence-electron chi connectivity index (χ0n) is 9.32. The van der Waals surface area contributed by atoms with Crippen molar-refractivity contribution in [2.24, 2.45) is 0 Å². The molecule has 2 N–H and O–H groups in total. The van der Waals surface area contributed by atoms with Crippen molar-refractivity contribution < 1.29 is 4.79 Å². The van der Waals surface area contributed by atoms with Crippen molar-refractivity contribution in [2.45, 2.75) is 12.1 Å². The van der Waals surface area contributed by atoms with Crippen LogP contribution in [0, 0.1) is 0 Å². The van der Waals surface area contributed by atoms with E-state index in [2.05, 4.69) is 32.6 Å². The molecule has 0 saturated carbocycles. The van der Waals surface area contributed by atoms with Crippen LogP contribution in [0.15, 0.2) is 28.7 Å². The minimum atomic E-state index is 0.0530. The number of benzene rings is 1. The summed E-state index contributed by atoms with van der Waals surface area (Å²) in [5.41, 5.74) is 1.15. The average Bonchev–Trinajstić information content (AvgIpc) is 2.59. The maximum atomic E-state index is 11.9. The second-order valence-corrected chi connectivity index (χ2v) is 5.34. The zero-order chi connectivity index (χ0) is 11.8. The van der Waals surface area contributed by atoms with E-state index in [4.69, 9.17) is 0 Å². The molecule has 2 aliphatic rings. The molecule has 1 aromatic carbocycles. The van der Waals surface area contributed by atoms with E-state index in [1.165, 1.54) is 0 Å². The summed E-state index contributed by atoms with van der Waals surface area (Å²) in [5, 5.41) is 6.23. The first-order valence-electron chi connectivity index (χ1n) is 5.78. The molecule has 2 heterocycles. The van der Waals surface area contributed by atoms with Crippen molar-refractivity contribution in [3.05, 3.63) is 34.3 Å². The molecule has 2 saturated heterocycles. The Morgan fingerprint density at radius 1 is 1.29 bits per heavy atom. The number of urea groups is 1. The summed E-state index contributed by atoms with van der Waals surface area (Å²) in [6.45, 7) is 2.58. The lowest BCUT2D eigenvalue weighted by molar-refractivity contribution is 0.172. The SMILES string of the molecule is O=C1NC(c2ccccc2Br)CN1C1CNC1. The fourth-order valence-corrected chi connectivity index (χ4v) is 2.86. The van der Waals surface area contributed by atoms with Crippen molar-refractivity contribution in [3.8, 4) is 0 Å². The first-order valence-corrected chi connectivity index (χ1v) is 6.57. The summed E-state index contributed by atoms with van der Waals surface area (Å²) in [5.74, 6) is 0. The lowest BCUT2D eigenvalue weighted by Crippen LogP contribution is -2.57. The van der Waals surface area contributed by atoms with Gasteiger partial charge in [-0.2, -0.15) is 0 Å². The first kappa shape index (κ1) is 11.0. The van der Waals surface area contributed by atoms with Gasteiger partial charge in [-0.25, -0.2) is 4.79 Å². The maximum absolute atomic E-state index is 11.9. The molecule has 5 heteroatoms. The molecule has 0 aromatic heterocycles. The van der Waals surface area contributed by atoms with Crippen LogP contribution in [0.1, 0.15) is 11.6 Å². The molecule has 0 spiro atoms. The van der Waals surface area contributed by atoms with Gasteiger partial charge in [0.25, 0.3) is 0 Å². The fraction of sp³-hybridized carbons (Fsp3) is 0.417. The van der Waals surface area contributed by atoms with Crippen LogP contribution in [0.4, 0.5) is 4.79 Å². The van der Waals surface area contributed by atoms with Gasteiger partial charge < -0.3 is 15.5 Å². The highest BCUT2D eigenvalue weighted by Crippen LogP contribution is 2.28. The van der Waals surface area contributed by atoms with Crippen LogP contribution in [-0.2, 0) is 0 Å². The predicted octanol–water partition coefficient (Wildman–Crippen LogP) is 1.49. The molecular weight excluding hydrogens is 282 g/mol. The van der Waals surface area contributed by atoms with Gasteiger partial charge in [0.1, 0.15) is 0 Å². The summed E-state index contributed by atoms with van der Waals surface area (Å²) in [4.78, 5) is 13.8. The predicted molar refractivity (Wildman–Crippen MR) is 68.8 cm³/mol. The Labute approximate surface area is 108 Å². The monoisotopic (exact) mass is 295 g/mol. The second kappa shape index (κ2) is 4.31. The van der Waals surface area contributed by atoms with Crippen LogP contribution < -0.4 is 10.6 Å². The Morgan fingerprint density at radius 2 is 2.06 bits per heavy atom. The molecule has 3 rings (SSSR count). The molecule has 0 radical (unpaired) electrons. The summed E-state index contributed by atoms with van der Waals surface area (Å²) < 4.78 is 1.05. The number of halogens is 1. The summed E-state index contributed by atoms with van der Waals surface area (Å²) in [6, 6.07) is 8.56. The van der Waals surface area contributed by atoms with Gasteiger partial charge in [0.15, 0.2) is 0 Å². The molecule has 0 aliphatic carbocycles. The number of carbonyl (C=O) groups is 1. The molecule has 2 fully saturated rings. The zero-order valence-corrected chi connectivity index (χ0v) is 10.9. The van der Waals surface area contributed by atoms with E-state index in [1.54, 1.807) is 0 Å². The number of rotatable bonds is 2. The number of nitrogens with one attached hydrogen (secondary N) is 2. The van der Waals surface area contributed by atoms with Gasteiger partial charge in [-0.1, -0.05) is 34.1 Å². The van der Waals surface area contributed by atoms with Crippen molar-refractivity contribution >= 4 is 22.0 Å². The number of amides is 2. The van der Waals surface area contributed by atoms with Crippen LogP contribution in [-0.4, -0.2) is 36.6 Å². The molecule has 1 aromatic rings. The van der Waals surface area contributed by atoms with Crippen LogP contribution in [0.3, 0.4) is 0 Å². The van der Waals surface area contributed by atoms with Gasteiger partial charge in [0.05, 0.1) is 12.1 Å². The van der Waals surface area contributed by atoms with Crippen LogP contribution >= 0.6 is 15.9 Å². The maximum Gasteiger partial charge on any atom is 0.318 e. The Bertz CT molecular complexity index is 447. The topological polar surface area (TPSA) is 44.4 Å². The standard InChI is InChI=1S/C12H14BrN3O/c13-10-4-2-1-3-9(10)11-7-16(12(17)15-11)8-5-14-6-8/h1-4,8,11,14H,5-7H2,(H,15,17). The van der Waals surface area contributed by atoms with Crippen molar-refractivity contribution in [3.63, 3.8) is 0 Å². The van der Waals surface area contributed by atoms with Gasteiger partial charge in [-0.3, -0.25) is 0 Å². The van der Waals surface area contributed by atoms with Gasteiger partial charge in [0, 0.05) is 24.1 Å². The van der Waals surface area contributed by atoms with Crippen LogP contribution in [0.25, 0.3) is 0 Å². The summed E-state index contributed by atoms with van der Waals surface area (Å²) in [7, 11) is 0. The highest BCUT2D eigenvalue weighted by molar-refractivity contribution is 9.10. The number of hydrogen-bond acceptors (Lipinski definition) is 2. The van der Waals surface area contributed by atoms with E-state index in [0.29, 0.717) is 6.04 Å². The van der Waals surface area contributed by atoms with E-state index in [1.807, 2.05) is 23.1 Å². The average molecular weight is 296 g/mol. The Hall–Kier alpha value is -1.07. The van der Waals surface area contributed by atoms with E-state index >= 15 is 0 Å². The largest absolute Gasteiger partial charge is 0.329 e. The van der Waals surface area contributed by atoms with Gasteiger partial charge in [0.2, 0.25) is 0 Å². The van der Waals surface area contributed by atoms with Crippen molar-refractivity contribution in [2.75, 3.05) is 19.6 Å². The molecule has 1 unspecified atom stereocenters. The molecule has 4 nitrogen and oxygen atoms in total. The molecule has 2 aliphatic heterocycles. The third kappa shape index (κ3) is 1.93. The Balaban J connectivity index is 1.78. The quantitative estimate of drug-likeness (QED) is 0.868. The lowest BCUT2D eigenvalue weighted by Gasteiger charge is -2.34. The minimum absolute atomic E-state index is 0.0530. The van der Waals surface area contributed by atoms with Crippen molar-refractivity contribution in [1.82, 2.24) is 15.5 Å². The summed E-state index contributed by atoms with van der Waals surface area (Å²) >= 11 is 3.53. The normalized spacial score (nSPS) is 24.6. The number of hydrogen-bond donors (Lipinski definition) is 2. The van der Waals surface area contributed by atoms with E-state index in [9.17, 15) is 4.79 Å². The molecule has 17 heavy (non-hydrogen) atoms. The molecule has 90 valence electrons. The summed E-state index contributed by atoms with van der Waals surface area (Å²) in [6.07, 6.45) is 0. The molecule has 0 bridgehead atoms. The molecule has 1 atom stereocenters. The van der Waals surface area contributed by atoms with E-state index < -0.39 is 0 Å². The van der Waals surface area contributed by atoms with Crippen LogP contribution in [0.5, 0.6) is 0 Å². The fourth-order valence-electron chi connectivity index (χ4n) is 2.30. The van der Waals surface area contributed by atoms with Gasteiger partial charge in [-0.15, -0.1) is 0 Å². The van der Waals surface area contributed by atoms with Crippen LogP contribution in [0.2, 0.25) is 0 Å². The van der Waals surface area contributed by atoms with Crippen molar-refractivity contribution in [1.29, 1.82) is 0 Å². The lowest BCUT2D eigenvalue weighted by atomic mass is 10.1.